The van der Waals surface area contributed by atoms with Crippen molar-refractivity contribution in [1.82, 2.24) is 10.2 Å². The molecule has 6 heteroatoms. The van der Waals surface area contributed by atoms with E-state index in [9.17, 15) is 9.18 Å². The molecule has 0 aliphatic carbocycles. The van der Waals surface area contributed by atoms with Crippen LogP contribution in [0.25, 0.3) is 0 Å². The maximum Gasteiger partial charge on any atom is 0.260 e. The van der Waals surface area contributed by atoms with Crippen molar-refractivity contribution >= 4 is 5.91 Å². The van der Waals surface area contributed by atoms with Gasteiger partial charge in [0.05, 0.1) is 13.2 Å². The number of nitrogens with zero attached hydrogens (tertiary/aromatic N) is 1. The van der Waals surface area contributed by atoms with Crippen LogP contribution >= 0.6 is 0 Å². The van der Waals surface area contributed by atoms with Crippen LogP contribution in [0.15, 0.2) is 48.5 Å². The molecule has 148 valence electrons. The monoisotopic (exact) mass is 384 g/mol. The lowest BCUT2D eigenvalue weighted by molar-refractivity contribution is -0.137. The van der Waals surface area contributed by atoms with Crippen LogP contribution in [0.1, 0.15) is 24.3 Å². The van der Waals surface area contributed by atoms with Gasteiger partial charge in [-0.2, -0.15) is 0 Å². The molecular weight excluding hydrogens is 359 g/mol. The molecule has 1 N–H and O–H groups in total. The quantitative estimate of drug-likeness (QED) is 0.861. The van der Waals surface area contributed by atoms with Crippen LogP contribution in [0.4, 0.5) is 4.39 Å². The van der Waals surface area contributed by atoms with Crippen LogP contribution in [0.2, 0.25) is 0 Å². The molecule has 2 aromatic rings. The Labute approximate surface area is 164 Å². The highest BCUT2D eigenvalue weighted by Gasteiger charge is 2.44. The van der Waals surface area contributed by atoms with E-state index >= 15 is 0 Å². The van der Waals surface area contributed by atoms with Crippen molar-refractivity contribution in [3.63, 3.8) is 0 Å². The molecule has 2 saturated heterocycles. The number of piperidine rings is 1. The van der Waals surface area contributed by atoms with E-state index in [0.29, 0.717) is 18.0 Å². The fourth-order valence-corrected chi connectivity index (χ4v) is 4.41. The highest BCUT2D eigenvalue weighted by atomic mass is 19.1. The molecule has 0 radical (unpaired) electrons. The van der Waals surface area contributed by atoms with E-state index in [1.165, 1.54) is 12.1 Å². The minimum absolute atomic E-state index is 0.0280. The summed E-state index contributed by atoms with van der Waals surface area (Å²) in [6.45, 7) is 1.48. The normalized spacial score (nSPS) is 23.9. The number of rotatable bonds is 5. The molecule has 0 spiro atoms. The fraction of sp³-hybridized carbons (Fsp3) is 0.409. The third-order valence-corrected chi connectivity index (χ3v) is 5.74. The van der Waals surface area contributed by atoms with Crippen LogP contribution in [0, 0.1) is 5.82 Å². The van der Waals surface area contributed by atoms with Gasteiger partial charge in [-0.1, -0.05) is 24.3 Å². The van der Waals surface area contributed by atoms with Crippen molar-refractivity contribution in [2.24, 2.45) is 0 Å². The van der Waals surface area contributed by atoms with Crippen molar-refractivity contribution in [2.75, 3.05) is 26.8 Å². The number of hydrogen-bond acceptors (Lipinski definition) is 4. The zero-order valence-corrected chi connectivity index (χ0v) is 15.9. The molecule has 28 heavy (non-hydrogen) atoms. The van der Waals surface area contributed by atoms with Gasteiger partial charge in [0.15, 0.2) is 18.1 Å². The Kier molecular flexibility index (Phi) is 5.48. The number of likely N-dealkylation sites (tertiary alicyclic amines) is 1. The summed E-state index contributed by atoms with van der Waals surface area (Å²) in [6.07, 6.45) is 2.00. The molecule has 0 bridgehead atoms. The lowest BCUT2D eigenvalue weighted by atomic mass is 9.86. The van der Waals surface area contributed by atoms with Gasteiger partial charge in [-0.25, -0.2) is 4.39 Å². The molecule has 2 aliphatic rings. The van der Waals surface area contributed by atoms with Gasteiger partial charge in [0.25, 0.3) is 5.91 Å². The van der Waals surface area contributed by atoms with Crippen LogP contribution < -0.4 is 14.8 Å². The average molecular weight is 384 g/mol. The number of carbonyl (C=O) groups excluding carboxylic acids is 1. The average Bonchev–Trinajstić information content (AvgIpc) is 3.17. The van der Waals surface area contributed by atoms with Gasteiger partial charge in [0.2, 0.25) is 0 Å². The SMILES string of the molecule is COc1ccccc1OCC(=O)N1CCC[C@H]2NC[C@H](c3ccc(F)cc3)[C@H]21. The summed E-state index contributed by atoms with van der Waals surface area (Å²) in [6, 6.07) is 14.3. The van der Waals surface area contributed by atoms with E-state index < -0.39 is 0 Å². The second-order valence-corrected chi connectivity index (χ2v) is 7.33. The largest absolute Gasteiger partial charge is 0.493 e. The first-order valence-electron chi connectivity index (χ1n) is 9.71. The standard InChI is InChI=1S/C22H25FN2O3/c1-27-19-6-2-3-7-20(19)28-14-21(26)25-12-4-5-18-22(25)17(13-24-18)15-8-10-16(23)11-9-15/h2-3,6-11,17-18,22,24H,4-5,12-14H2,1H3/t17-,18-,22-/m1/s1. The molecule has 3 atom stereocenters. The van der Waals surface area contributed by atoms with E-state index in [0.717, 1.165) is 24.9 Å². The van der Waals surface area contributed by atoms with Crippen LogP contribution in [-0.2, 0) is 4.79 Å². The lowest BCUT2D eigenvalue weighted by Crippen LogP contribution is -2.53. The predicted octanol–water partition coefficient (Wildman–Crippen LogP) is 2.96. The topological polar surface area (TPSA) is 50.8 Å². The summed E-state index contributed by atoms with van der Waals surface area (Å²) in [4.78, 5) is 15.0. The van der Waals surface area contributed by atoms with Gasteiger partial charge in [0, 0.05) is 25.0 Å². The van der Waals surface area contributed by atoms with Crippen LogP contribution in [0.3, 0.4) is 0 Å². The number of fused-ring (bicyclic) bond motifs is 1. The number of methoxy groups -OCH3 is 1. The number of ether oxygens (including phenoxy) is 2. The Morgan fingerprint density at radius 2 is 1.93 bits per heavy atom. The summed E-state index contributed by atoms with van der Waals surface area (Å²) < 4.78 is 24.4. The molecule has 5 nitrogen and oxygen atoms in total. The highest BCUT2D eigenvalue weighted by Crippen LogP contribution is 2.35. The lowest BCUT2D eigenvalue weighted by Gasteiger charge is -2.40. The molecule has 2 heterocycles. The molecule has 0 saturated carbocycles. The molecular formula is C22H25FN2O3. The summed E-state index contributed by atoms with van der Waals surface area (Å²) in [5, 5.41) is 3.55. The Morgan fingerprint density at radius 3 is 2.68 bits per heavy atom. The maximum absolute atomic E-state index is 13.3. The number of hydrogen-bond donors (Lipinski definition) is 1. The summed E-state index contributed by atoms with van der Waals surface area (Å²) in [5.41, 5.74) is 1.06. The Hall–Kier alpha value is -2.60. The van der Waals surface area contributed by atoms with Crippen molar-refractivity contribution in [2.45, 2.75) is 30.8 Å². The second kappa shape index (κ2) is 8.19. The molecule has 2 aliphatic heterocycles. The Balaban J connectivity index is 1.49. The van der Waals surface area contributed by atoms with Gasteiger partial charge in [-0.3, -0.25) is 4.79 Å². The Morgan fingerprint density at radius 1 is 1.18 bits per heavy atom. The van der Waals surface area contributed by atoms with Gasteiger partial charge in [-0.15, -0.1) is 0 Å². The summed E-state index contributed by atoms with van der Waals surface area (Å²) in [7, 11) is 1.58. The minimum Gasteiger partial charge on any atom is -0.493 e. The van der Waals surface area contributed by atoms with Crippen LogP contribution in [-0.4, -0.2) is 49.7 Å². The van der Waals surface area contributed by atoms with Gasteiger partial charge in [-0.05, 0) is 42.7 Å². The van der Waals surface area contributed by atoms with Crippen LogP contribution in [0.5, 0.6) is 11.5 Å². The minimum atomic E-state index is -0.243. The van der Waals surface area contributed by atoms with Gasteiger partial charge >= 0.3 is 0 Å². The Bertz CT molecular complexity index is 827. The van der Waals surface area contributed by atoms with Gasteiger partial charge in [0.1, 0.15) is 5.82 Å². The molecule has 2 fully saturated rings. The highest BCUT2D eigenvalue weighted by molar-refractivity contribution is 5.78. The van der Waals surface area contributed by atoms with E-state index in [2.05, 4.69) is 5.32 Å². The summed E-state index contributed by atoms with van der Waals surface area (Å²) in [5.74, 6) is 1.05. The zero-order chi connectivity index (χ0) is 19.5. The van der Waals surface area contributed by atoms with E-state index in [-0.39, 0.29) is 36.3 Å². The first-order valence-corrected chi connectivity index (χ1v) is 9.71. The number of halogens is 1. The molecule has 0 aromatic heterocycles. The maximum atomic E-state index is 13.3. The van der Waals surface area contributed by atoms with Gasteiger partial charge < -0.3 is 19.7 Å². The van der Waals surface area contributed by atoms with E-state index in [1.54, 1.807) is 13.2 Å². The second-order valence-electron chi connectivity index (χ2n) is 7.33. The molecule has 2 aromatic carbocycles. The predicted molar refractivity (Wildman–Crippen MR) is 104 cm³/mol. The molecule has 0 unspecified atom stereocenters. The van der Waals surface area contributed by atoms with Crippen molar-refractivity contribution in [1.29, 1.82) is 0 Å². The fourth-order valence-electron chi connectivity index (χ4n) is 4.41. The number of carbonyl (C=O) groups is 1. The first kappa shape index (κ1) is 18.7. The first-order chi connectivity index (χ1) is 13.7. The summed E-state index contributed by atoms with van der Waals surface area (Å²) >= 11 is 0. The van der Waals surface area contributed by atoms with Crippen molar-refractivity contribution in [3.8, 4) is 11.5 Å². The van der Waals surface area contributed by atoms with E-state index in [1.807, 2.05) is 35.2 Å². The van der Waals surface area contributed by atoms with Crippen molar-refractivity contribution < 1.29 is 18.7 Å². The number of amides is 1. The molecule has 1 amide bonds. The number of nitrogens with one attached hydrogen (secondary N) is 1. The number of para-hydroxylation sites is 2. The molecule has 4 rings (SSSR count). The third-order valence-electron chi connectivity index (χ3n) is 5.74. The number of benzene rings is 2. The zero-order valence-electron chi connectivity index (χ0n) is 15.9. The van der Waals surface area contributed by atoms with E-state index in [4.69, 9.17) is 9.47 Å². The smallest absolute Gasteiger partial charge is 0.260 e. The van der Waals surface area contributed by atoms with Crippen molar-refractivity contribution in [3.05, 3.63) is 59.9 Å². The third kappa shape index (κ3) is 3.69.